The van der Waals surface area contributed by atoms with Crippen LogP contribution in [0.2, 0.25) is 5.02 Å². The summed E-state index contributed by atoms with van der Waals surface area (Å²) >= 11 is 6.27. The number of aromatic nitrogens is 2. The molecule has 2 heterocycles. The van der Waals surface area contributed by atoms with Crippen LogP contribution in [0.3, 0.4) is 0 Å². The number of hydrogen-bond donors (Lipinski definition) is 4. The summed E-state index contributed by atoms with van der Waals surface area (Å²) in [4.78, 5) is 19.8. The van der Waals surface area contributed by atoms with Crippen LogP contribution in [0.1, 0.15) is 42.7 Å². The number of amides is 2. The van der Waals surface area contributed by atoms with E-state index in [0.29, 0.717) is 28.9 Å². The highest BCUT2D eigenvalue weighted by Crippen LogP contribution is 2.29. The molecule has 2 rings (SSSR count). The van der Waals surface area contributed by atoms with Crippen molar-refractivity contribution in [2.24, 2.45) is 0 Å². The van der Waals surface area contributed by atoms with Gasteiger partial charge in [-0.2, -0.15) is 13.2 Å². The third kappa shape index (κ3) is 7.20. The topological polar surface area (TPSA) is 107 Å². The van der Waals surface area contributed by atoms with Crippen LogP contribution >= 0.6 is 11.6 Å². The number of carbonyl (C=O) groups excluding carboxylic acids is 1. The SMILES string of the molecule is CCC/C(=C\CNC(=O)Nc1ccc(C(F)(F)F)cn1)c1ncc([C@@H](O)CO)cc1Cl. The molecule has 0 saturated carbocycles. The Morgan fingerprint density at radius 2 is 2.03 bits per heavy atom. The number of nitrogens with zero attached hydrogens (tertiary/aromatic N) is 2. The number of allylic oxidation sites excluding steroid dienone is 1. The van der Waals surface area contributed by atoms with E-state index in [2.05, 4.69) is 20.6 Å². The van der Waals surface area contributed by atoms with Gasteiger partial charge in [-0.1, -0.05) is 31.0 Å². The molecule has 7 nitrogen and oxygen atoms in total. The lowest BCUT2D eigenvalue weighted by Crippen LogP contribution is -2.29. The first kappa shape index (κ1) is 24.6. The molecule has 0 aliphatic carbocycles. The number of rotatable bonds is 8. The monoisotopic (exact) mass is 458 g/mol. The highest BCUT2D eigenvalue weighted by Gasteiger charge is 2.30. The summed E-state index contributed by atoms with van der Waals surface area (Å²) in [5.41, 5.74) is 0.732. The second kappa shape index (κ2) is 11.1. The highest BCUT2D eigenvalue weighted by molar-refractivity contribution is 6.32. The molecule has 0 saturated heterocycles. The van der Waals surface area contributed by atoms with Crippen LogP contribution in [-0.4, -0.2) is 39.4 Å². The van der Waals surface area contributed by atoms with E-state index in [9.17, 15) is 23.1 Å². The molecule has 0 aliphatic heterocycles. The summed E-state index contributed by atoms with van der Waals surface area (Å²) in [6.07, 6.45) is -0.397. The number of nitrogens with one attached hydrogen (secondary N) is 2. The molecule has 2 aromatic heterocycles. The van der Waals surface area contributed by atoms with E-state index in [-0.39, 0.29) is 12.4 Å². The van der Waals surface area contributed by atoms with Crippen LogP contribution in [0.15, 0.2) is 36.7 Å². The standard InChI is InChI=1S/C20H22ClF3N4O3/c1-2-3-12(18-15(21)8-13(9-27-18)16(30)11-29)6-7-25-19(31)28-17-5-4-14(10-26-17)20(22,23)24/h4-6,8-10,16,29-30H,2-3,7,11H2,1H3,(H2,25,26,28,31)/b12-6+/t16-/m0/s1. The van der Waals surface area contributed by atoms with Crippen molar-refractivity contribution in [3.05, 3.63) is 58.5 Å². The minimum Gasteiger partial charge on any atom is -0.393 e. The lowest BCUT2D eigenvalue weighted by Gasteiger charge is -2.12. The maximum Gasteiger partial charge on any atom is 0.417 e. The number of anilines is 1. The Bertz CT molecular complexity index is 921. The van der Waals surface area contributed by atoms with Crippen molar-refractivity contribution in [1.29, 1.82) is 0 Å². The van der Waals surface area contributed by atoms with Gasteiger partial charge in [0.05, 0.1) is 22.9 Å². The van der Waals surface area contributed by atoms with Crippen molar-refractivity contribution in [3.63, 3.8) is 0 Å². The van der Waals surface area contributed by atoms with Crippen LogP contribution in [-0.2, 0) is 6.18 Å². The van der Waals surface area contributed by atoms with Gasteiger partial charge in [-0.15, -0.1) is 0 Å². The van der Waals surface area contributed by atoms with Gasteiger partial charge in [0.1, 0.15) is 11.9 Å². The van der Waals surface area contributed by atoms with Gasteiger partial charge in [-0.25, -0.2) is 9.78 Å². The average molecular weight is 459 g/mol. The highest BCUT2D eigenvalue weighted by atomic mass is 35.5. The van der Waals surface area contributed by atoms with Crippen LogP contribution in [0, 0.1) is 0 Å². The third-order valence-electron chi connectivity index (χ3n) is 4.19. The molecular weight excluding hydrogens is 437 g/mol. The number of halogens is 4. The molecule has 0 radical (unpaired) electrons. The fraction of sp³-hybridized carbons (Fsp3) is 0.350. The zero-order chi connectivity index (χ0) is 23.0. The molecule has 0 aromatic carbocycles. The Labute approximate surface area is 182 Å². The number of aliphatic hydroxyl groups excluding tert-OH is 2. The summed E-state index contributed by atoms with van der Waals surface area (Å²) in [6, 6.07) is 2.77. The maximum absolute atomic E-state index is 12.6. The van der Waals surface area contributed by atoms with E-state index < -0.39 is 30.5 Å². The summed E-state index contributed by atoms with van der Waals surface area (Å²) in [5.74, 6) is -0.0222. The number of aliphatic hydroxyl groups is 2. The Hall–Kier alpha value is -2.69. The normalized spacial score (nSPS) is 13.1. The molecule has 2 amide bonds. The first-order valence-corrected chi connectivity index (χ1v) is 9.75. The van der Waals surface area contributed by atoms with Gasteiger partial charge in [0.2, 0.25) is 0 Å². The number of hydrogen-bond acceptors (Lipinski definition) is 5. The average Bonchev–Trinajstić information content (AvgIpc) is 2.72. The molecule has 0 spiro atoms. The number of carbonyl (C=O) groups is 1. The lowest BCUT2D eigenvalue weighted by atomic mass is 10.0. The molecule has 168 valence electrons. The van der Waals surface area contributed by atoms with Gasteiger partial charge in [0.15, 0.2) is 0 Å². The molecule has 2 aromatic rings. The largest absolute Gasteiger partial charge is 0.417 e. The summed E-state index contributed by atoms with van der Waals surface area (Å²) in [7, 11) is 0. The van der Waals surface area contributed by atoms with Crippen molar-refractivity contribution < 1.29 is 28.2 Å². The molecular formula is C20H22ClF3N4O3. The minimum absolute atomic E-state index is 0.0222. The van der Waals surface area contributed by atoms with Crippen LogP contribution in [0.25, 0.3) is 5.57 Å². The van der Waals surface area contributed by atoms with Gasteiger partial charge in [-0.05, 0) is 30.2 Å². The fourth-order valence-electron chi connectivity index (χ4n) is 2.63. The molecule has 31 heavy (non-hydrogen) atoms. The van der Waals surface area contributed by atoms with Gasteiger partial charge >= 0.3 is 12.2 Å². The van der Waals surface area contributed by atoms with Crippen LogP contribution < -0.4 is 10.6 Å². The van der Waals surface area contributed by atoms with Gasteiger partial charge in [-0.3, -0.25) is 10.3 Å². The molecule has 11 heteroatoms. The maximum atomic E-state index is 12.6. The third-order valence-corrected chi connectivity index (χ3v) is 4.48. The summed E-state index contributed by atoms with van der Waals surface area (Å²) < 4.78 is 37.7. The van der Waals surface area contributed by atoms with Crippen molar-refractivity contribution in [3.8, 4) is 0 Å². The number of alkyl halides is 3. The quantitative estimate of drug-likeness (QED) is 0.474. The van der Waals surface area contributed by atoms with E-state index >= 15 is 0 Å². The smallest absolute Gasteiger partial charge is 0.393 e. The first-order valence-electron chi connectivity index (χ1n) is 9.37. The Morgan fingerprint density at radius 1 is 1.29 bits per heavy atom. The minimum atomic E-state index is -4.50. The van der Waals surface area contributed by atoms with Crippen molar-refractivity contribution in [2.45, 2.75) is 32.0 Å². The number of urea groups is 1. The van der Waals surface area contributed by atoms with E-state index in [0.717, 1.165) is 24.1 Å². The molecule has 1 atom stereocenters. The van der Waals surface area contributed by atoms with Crippen LogP contribution in [0.5, 0.6) is 0 Å². The molecule has 0 unspecified atom stereocenters. The van der Waals surface area contributed by atoms with E-state index in [1.165, 1.54) is 12.3 Å². The van der Waals surface area contributed by atoms with Crippen LogP contribution in [0.4, 0.5) is 23.8 Å². The zero-order valence-electron chi connectivity index (χ0n) is 16.6. The fourth-order valence-corrected chi connectivity index (χ4v) is 2.92. The van der Waals surface area contributed by atoms with E-state index in [1.54, 1.807) is 6.08 Å². The number of pyridine rings is 2. The lowest BCUT2D eigenvalue weighted by molar-refractivity contribution is -0.137. The van der Waals surface area contributed by atoms with Gasteiger partial charge in [0, 0.05) is 24.5 Å². The predicted octanol–water partition coefficient (Wildman–Crippen LogP) is 4.18. The molecule has 4 N–H and O–H groups in total. The Kier molecular flexibility index (Phi) is 8.78. The van der Waals surface area contributed by atoms with Crippen molar-refractivity contribution in [2.75, 3.05) is 18.5 Å². The summed E-state index contributed by atoms with van der Waals surface area (Å²) in [6.45, 7) is 1.62. The molecule has 0 bridgehead atoms. The Morgan fingerprint density at radius 3 is 2.58 bits per heavy atom. The molecule has 0 fully saturated rings. The van der Waals surface area contributed by atoms with E-state index in [1.807, 2.05) is 6.92 Å². The Balaban J connectivity index is 2.02. The summed E-state index contributed by atoms with van der Waals surface area (Å²) in [5, 5.41) is 23.9. The van der Waals surface area contributed by atoms with E-state index in [4.69, 9.17) is 16.7 Å². The van der Waals surface area contributed by atoms with Gasteiger partial charge < -0.3 is 15.5 Å². The second-order valence-electron chi connectivity index (χ2n) is 6.54. The van der Waals surface area contributed by atoms with Gasteiger partial charge in [0.25, 0.3) is 0 Å². The van der Waals surface area contributed by atoms with Crippen molar-refractivity contribution >= 4 is 29.0 Å². The van der Waals surface area contributed by atoms with Crippen molar-refractivity contribution in [1.82, 2.24) is 15.3 Å². The zero-order valence-corrected chi connectivity index (χ0v) is 17.3. The first-order chi connectivity index (χ1) is 14.7. The second-order valence-corrected chi connectivity index (χ2v) is 6.95. The predicted molar refractivity (Wildman–Crippen MR) is 110 cm³/mol. The molecule has 0 aliphatic rings.